The SMILES string of the molecule is CCCCC1CC(=O)OC1(c1ccccn1)c1ccccn1. The monoisotopic (exact) mass is 296 g/mol. The van der Waals surface area contributed by atoms with E-state index in [1.165, 1.54) is 0 Å². The smallest absolute Gasteiger partial charge is 0.307 e. The van der Waals surface area contributed by atoms with Crippen molar-refractivity contribution < 1.29 is 9.53 Å². The van der Waals surface area contributed by atoms with Crippen molar-refractivity contribution in [3.63, 3.8) is 0 Å². The third kappa shape index (κ3) is 2.49. The van der Waals surface area contributed by atoms with Crippen molar-refractivity contribution in [1.29, 1.82) is 0 Å². The molecule has 4 nitrogen and oxygen atoms in total. The zero-order chi connectivity index (χ0) is 15.4. The van der Waals surface area contributed by atoms with Gasteiger partial charge in [0.1, 0.15) is 0 Å². The summed E-state index contributed by atoms with van der Waals surface area (Å²) in [6.45, 7) is 2.15. The Hall–Kier alpha value is -2.23. The zero-order valence-corrected chi connectivity index (χ0v) is 12.7. The largest absolute Gasteiger partial charge is 0.446 e. The number of pyridine rings is 2. The Morgan fingerprint density at radius 3 is 2.27 bits per heavy atom. The summed E-state index contributed by atoms with van der Waals surface area (Å²) < 4.78 is 5.87. The van der Waals surface area contributed by atoms with E-state index in [9.17, 15) is 4.79 Å². The number of unbranched alkanes of at least 4 members (excludes halogenated alkanes) is 1. The van der Waals surface area contributed by atoms with Crippen molar-refractivity contribution in [2.75, 3.05) is 0 Å². The number of esters is 1. The van der Waals surface area contributed by atoms with E-state index in [2.05, 4.69) is 16.9 Å². The molecule has 1 fully saturated rings. The molecule has 0 bridgehead atoms. The summed E-state index contributed by atoms with van der Waals surface area (Å²) in [5, 5.41) is 0. The zero-order valence-electron chi connectivity index (χ0n) is 12.7. The number of carbonyl (C=O) groups is 1. The van der Waals surface area contributed by atoms with Crippen molar-refractivity contribution >= 4 is 5.97 Å². The van der Waals surface area contributed by atoms with E-state index in [1.54, 1.807) is 12.4 Å². The molecule has 0 N–H and O–H groups in total. The van der Waals surface area contributed by atoms with Gasteiger partial charge in [-0.1, -0.05) is 31.9 Å². The minimum absolute atomic E-state index is 0.0738. The minimum Gasteiger partial charge on any atom is -0.446 e. The van der Waals surface area contributed by atoms with Crippen LogP contribution in [0.3, 0.4) is 0 Å². The molecule has 22 heavy (non-hydrogen) atoms. The van der Waals surface area contributed by atoms with Gasteiger partial charge in [-0.15, -0.1) is 0 Å². The summed E-state index contributed by atoms with van der Waals surface area (Å²) in [7, 11) is 0. The normalized spacial score (nSPS) is 19.9. The summed E-state index contributed by atoms with van der Waals surface area (Å²) in [6.07, 6.45) is 6.97. The van der Waals surface area contributed by atoms with E-state index in [1.807, 2.05) is 36.4 Å². The highest BCUT2D eigenvalue weighted by atomic mass is 16.6. The van der Waals surface area contributed by atoms with Crippen LogP contribution in [0.1, 0.15) is 44.0 Å². The van der Waals surface area contributed by atoms with Crippen LogP contribution in [-0.4, -0.2) is 15.9 Å². The molecule has 1 atom stereocenters. The molecule has 1 unspecified atom stereocenters. The summed E-state index contributed by atoms with van der Waals surface area (Å²) >= 11 is 0. The molecular formula is C18H20N2O2. The molecule has 1 aliphatic rings. The van der Waals surface area contributed by atoms with Crippen LogP contribution in [0.4, 0.5) is 0 Å². The molecule has 2 aromatic heterocycles. The number of carbonyl (C=O) groups excluding carboxylic acids is 1. The molecule has 0 amide bonds. The lowest BCUT2D eigenvalue weighted by Gasteiger charge is -2.32. The predicted molar refractivity (Wildman–Crippen MR) is 83.0 cm³/mol. The van der Waals surface area contributed by atoms with Crippen molar-refractivity contribution in [1.82, 2.24) is 9.97 Å². The number of nitrogens with zero attached hydrogens (tertiary/aromatic N) is 2. The fraction of sp³-hybridized carbons (Fsp3) is 0.389. The standard InChI is InChI=1S/C18H20N2O2/c1-2-3-8-14-13-17(21)22-18(14,15-9-4-6-11-19-15)16-10-5-7-12-20-16/h4-7,9-12,14H,2-3,8,13H2,1H3. The summed E-state index contributed by atoms with van der Waals surface area (Å²) in [5.74, 6) is -0.0952. The lowest BCUT2D eigenvalue weighted by Crippen LogP contribution is -2.36. The van der Waals surface area contributed by atoms with E-state index in [4.69, 9.17) is 4.74 Å². The number of aromatic nitrogens is 2. The maximum atomic E-state index is 12.1. The van der Waals surface area contributed by atoms with Gasteiger partial charge < -0.3 is 4.74 Å². The van der Waals surface area contributed by atoms with Crippen molar-refractivity contribution in [2.45, 2.75) is 38.2 Å². The van der Waals surface area contributed by atoms with Crippen LogP contribution in [0.25, 0.3) is 0 Å². The Labute approximate surface area is 130 Å². The van der Waals surface area contributed by atoms with Gasteiger partial charge in [-0.2, -0.15) is 0 Å². The number of ether oxygens (including phenoxy) is 1. The number of hydrogen-bond acceptors (Lipinski definition) is 4. The van der Waals surface area contributed by atoms with Crippen LogP contribution in [0.5, 0.6) is 0 Å². The van der Waals surface area contributed by atoms with Gasteiger partial charge in [0.05, 0.1) is 17.8 Å². The third-order valence-corrected chi connectivity index (χ3v) is 4.26. The van der Waals surface area contributed by atoms with Crippen LogP contribution in [-0.2, 0) is 15.1 Å². The summed E-state index contributed by atoms with van der Waals surface area (Å²) in [5.41, 5.74) is 0.677. The highest BCUT2D eigenvalue weighted by Crippen LogP contribution is 2.47. The molecule has 0 radical (unpaired) electrons. The maximum absolute atomic E-state index is 12.1. The average molecular weight is 296 g/mol. The lowest BCUT2D eigenvalue weighted by atomic mass is 9.78. The van der Waals surface area contributed by atoms with Gasteiger partial charge >= 0.3 is 5.97 Å². The van der Waals surface area contributed by atoms with Gasteiger partial charge in [0.2, 0.25) is 0 Å². The molecule has 0 saturated carbocycles. The first kappa shape index (κ1) is 14.7. The second kappa shape index (κ2) is 6.26. The molecule has 1 saturated heterocycles. The summed E-state index contributed by atoms with van der Waals surface area (Å²) in [6, 6.07) is 11.4. The van der Waals surface area contributed by atoms with Gasteiger partial charge in [-0.05, 0) is 30.7 Å². The molecule has 0 aliphatic carbocycles. The maximum Gasteiger partial charge on any atom is 0.307 e. The highest BCUT2D eigenvalue weighted by molar-refractivity contribution is 5.74. The lowest BCUT2D eigenvalue weighted by molar-refractivity contribution is -0.147. The van der Waals surface area contributed by atoms with Crippen LogP contribution in [0.2, 0.25) is 0 Å². The first-order valence-corrected chi connectivity index (χ1v) is 7.82. The number of cyclic esters (lactones) is 1. The molecule has 3 rings (SSSR count). The Morgan fingerprint density at radius 1 is 1.14 bits per heavy atom. The second-order valence-corrected chi connectivity index (χ2v) is 5.68. The van der Waals surface area contributed by atoms with Gasteiger partial charge in [0.15, 0.2) is 5.60 Å². The topological polar surface area (TPSA) is 52.1 Å². The average Bonchev–Trinajstić information content (AvgIpc) is 2.92. The Kier molecular flexibility index (Phi) is 4.18. The van der Waals surface area contributed by atoms with Gasteiger partial charge in [0, 0.05) is 18.3 Å². The van der Waals surface area contributed by atoms with Crippen LogP contribution in [0.15, 0.2) is 48.8 Å². The van der Waals surface area contributed by atoms with Crippen molar-refractivity contribution in [3.8, 4) is 0 Å². The van der Waals surface area contributed by atoms with Gasteiger partial charge in [0.25, 0.3) is 0 Å². The Morgan fingerprint density at radius 2 is 1.77 bits per heavy atom. The number of hydrogen-bond donors (Lipinski definition) is 0. The van der Waals surface area contributed by atoms with E-state index < -0.39 is 5.60 Å². The summed E-state index contributed by atoms with van der Waals surface area (Å²) in [4.78, 5) is 21.1. The molecule has 2 aromatic rings. The fourth-order valence-electron chi connectivity index (χ4n) is 3.22. The van der Waals surface area contributed by atoms with Crippen molar-refractivity contribution in [3.05, 3.63) is 60.2 Å². The fourth-order valence-corrected chi connectivity index (χ4v) is 3.22. The van der Waals surface area contributed by atoms with E-state index in [0.717, 1.165) is 30.7 Å². The first-order chi connectivity index (χ1) is 10.8. The van der Waals surface area contributed by atoms with Crippen LogP contribution >= 0.6 is 0 Å². The molecule has 4 heteroatoms. The molecule has 0 aromatic carbocycles. The first-order valence-electron chi connectivity index (χ1n) is 7.82. The Bertz CT molecular complexity index is 589. The minimum atomic E-state index is -0.852. The van der Waals surface area contributed by atoms with Crippen LogP contribution in [0, 0.1) is 5.92 Å². The molecule has 114 valence electrons. The quantitative estimate of drug-likeness (QED) is 0.793. The van der Waals surface area contributed by atoms with Gasteiger partial charge in [-0.25, -0.2) is 0 Å². The molecular weight excluding hydrogens is 276 g/mol. The van der Waals surface area contributed by atoms with E-state index in [0.29, 0.717) is 6.42 Å². The molecule has 3 heterocycles. The number of rotatable bonds is 5. The van der Waals surface area contributed by atoms with Crippen LogP contribution < -0.4 is 0 Å². The van der Waals surface area contributed by atoms with E-state index in [-0.39, 0.29) is 11.9 Å². The predicted octanol–water partition coefficient (Wildman–Crippen LogP) is 3.47. The highest BCUT2D eigenvalue weighted by Gasteiger charge is 2.53. The second-order valence-electron chi connectivity index (χ2n) is 5.68. The van der Waals surface area contributed by atoms with Gasteiger partial charge in [-0.3, -0.25) is 14.8 Å². The Balaban J connectivity index is 2.12. The molecule has 1 aliphatic heterocycles. The van der Waals surface area contributed by atoms with Crippen molar-refractivity contribution in [2.24, 2.45) is 5.92 Å². The molecule has 0 spiro atoms. The third-order valence-electron chi connectivity index (χ3n) is 4.26. The van der Waals surface area contributed by atoms with E-state index >= 15 is 0 Å².